The molecular formula is C15H19N9. The number of rotatable bonds is 4. The van der Waals surface area contributed by atoms with E-state index < -0.39 is 0 Å². The fraction of sp³-hybridized carbons (Fsp3) is 0.400. The topological polar surface area (TPSA) is 78.6 Å². The van der Waals surface area contributed by atoms with Crippen molar-refractivity contribution in [1.82, 2.24) is 29.8 Å². The van der Waals surface area contributed by atoms with Crippen LogP contribution in [-0.2, 0) is 0 Å². The van der Waals surface area contributed by atoms with E-state index in [0.717, 1.165) is 36.2 Å². The van der Waals surface area contributed by atoms with Gasteiger partial charge < -0.3 is 14.7 Å². The Bertz CT molecular complexity index is 853. The molecule has 4 rings (SSSR count). The van der Waals surface area contributed by atoms with Crippen LogP contribution < -0.4 is 14.7 Å². The van der Waals surface area contributed by atoms with E-state index in [9.17, 15) is 0 Å². The first-order chi connectivity index (χ1) is 11.6. The van der Waals surface area contributed by atoms with Gasteiger partial charge in [0.15, 0.2) is 5.65 Å². The Kier molecular flexibility index (Phi) is 3.40. The van der Waals surface area contributed by atoms with Crippen LogP contribution in [0.2, 0.25) is 0 Å². The van der Waals surface area contributed by atoms with Crippen molar-refractivity contribution in [2.24, 2.45) is 0 Å². The predicted octanol–water partition coefficient (Wildman–Crippen LogP) is 0.305. The monoisotopic (exact) mass is 325 g/mol. The summed E-state index contributed by atoms with van der Waals surface area (Å²) in [6.45, 7) is 1.80. The highest BCUT2D eigenvalue weighted by Crippen LogP contribution is 2.25. The van der Waals surface area contributed by atoms with Crippen molar-refractivity contribution in [2.75, 3.05) is 48.9 Å². The molecule has 0 radical (unpaired) electrons. The number of hydrogen-bond donors (Lipinski definition) is 0. The first-order valence-corrected chi connectivity index (χ1v) is 7.76. The van der Waals surface area contributed by atoms with Crippen molar-refractivity contribution in [3.05, 3.63) is 30.9 Å². The molecule has 9 nitrogen and oxygen atoms in total. The summed E-state index contributed by atoms with van der Waals surface area (Å²) >= 11 is 0. The standard InChI is InChI=1S/C15H19N9/c1-21(2)14-6-15(17-9-16-14)22(3)11-7-23(8-11)13-5-4-12-19-18-10-24(12)20-13/h4-6,9-11H,7-8H2,1-3H3. The first-order valence-electron chi connectivity index (χ1n) is 7.76. The molecule has 0 N–H and O–H groups in total. The van der Waals surface area contributed by atoms with Gasteiger partial charge in [0.05, 0.1) is 6.04 Å². The Balaban J connectivity index is 1.45. The van der Waals surface area contributed by atoms with Crippen molar-refractivity contribution in [3.63, 3.8) is 0 Å². The van der Waals surface area contributed by atoms with Crippen LogP contribution in [0.25, 0.3) is 5.65 Å². The molecule has 0 amide bonds. The van der Waals surface area contributed by atoms with Crippen LogP contribution in [0.3, 0.4) is 0 Å². The molecule has 0 saturated carbocycles. The molecule has 9 heteroatoms. The Morgan fingerprint density at radius 3 is 2.67 bits per heavy atom. The smallest absolute Gasteiger partial charge is 0.177 e. The third-order valence-electron chi connectivity index (χ3n) is 4.34. The number of fused-ring (bicyclic) bond motifs is 1. The maximum atomic E-state index is 4.53. The molecule has 3 aromatic heterocycles. The fourth-order valence-corrected chi connectivity index (χ4v) is 2.74. The lowest BCUT2D eigenvalue weighted by Gasteiger charge is -2.44. The molecule has 24 heavy (non-hydrogen) atoms. The molecule has 1 aliphatic rings. The summed E-state index contributed by atoms with van der Waals surface area (Å²) in [5, 5.41) is 12.4. The molecule has 1 aliphatic heterocycles. The second kappa shape index (κ2) is 5.59. The van der Waals surface area contributed by atoms with Gasteiger partial charge in [-0.15, -0.1) is 15.3 Å². The van der Waals surface area contributed by atoms with Crippen LogP contribution >= 0.6 is 0 Å². The van der Waals surface area contributed by atoms with Crippen LogP contribution in [0.15, 0.2) is 30.9 Å². The quantitative estimate of drug-likeness (QED) is 0.678. The van der Waals surface area contributed by atoms with E-state index >= 15 is 0 Å². The van der Waals surface area contributed by atoms with E-state index in [1.807, 2.05) is 37.2 Å². The molecule has 0 bridgehead atoms. The van der Waals surface area contributed by atoms with Gasteiger partial charge in [0.25, 0.3) is 0 Å². The highest BCUT2D eigenvalue weighted by Gasteiger charge is 2.32. The van der Waals surface area contributed by atoms with Gasteiger partial charge in [-0.2, -0.15) is 4.52 Å². The fourth-order valence-electron chi connectivity index (χ4n) is 2.74. The van der Waals surface area contributed by atoms with Crippen LogP contribution in [0.4, 0.5) is 17.5 Å². The SMILES string of the molecule is CN(C)c1cc(N(C)C2CN(c3ccc4nncn4n3)C2)ncn1. The van der Waals surface area contributed by atoms with Crippen molar-refractivity contribution in [3.8, 4) is 0 Å². The molecule has 1 saturated heterocycles. The number of hydrogen-bond acceptors (Lipinski definition) is 8. The molecule has 0 spiro atoms. The highest BCUT2D eigenvalue weighted by atomic mass is 15.4. The lowest BCUT2D eigenvalue weighted by molar-refractivity contribution is 0.487. The van der Waals surface area contributed by atoms with Crippen molar-refractivity contribution >= 4 is 23.1 Å². The minimum absolute atomic E-state index is 0.397. The minimum Gasteiger partial charge on any atom is -0.363 e. The minimum atomic E-state index is 0.397. The first kappa shape index (κ1) is 14.6. The zero-order valence-electron chi connectivity index (χ0n) is 13.9. The highest BCUT2D eigenvalue weighted by molar-refractivity contribution is 5.53. The second-order valence-corrected chi connectivity index (χ2v) is 6.12. The number of nitrogens with zero attached hydrogens (tertiary/aromatic N) is 9. The summed E-state index contributed by atoms with van der Waals surface area (Å²) in [5.74, 6) is 2.77. The molecule has 0 aliphatic carbocycles. The molecule has 0 atom stereocenters. The third-order valence-corrected chi connectivity index (χ3v) is 4.34. The molecule has 124 valence electrons. The van der Waals surface area contributed by atoms with Gasteiger partial charge in [-0.25, -0.2) is 9.97 Å². The van der Waals surface area contributed by atoms with Gasteiger partial charge in [0.1, 0.15) is 30.1 Å². The lowest BCUT2D eigenvalue weighted by atomic mass is 10.1. The van der Waals surface area contributed by atoms with Crippen LogP contribution in [0.5, 0.6) is 0 Å². The predicted molar refractivity (Wildman–Crippen MR) is 91.5 cm³/mol. The summed E-state index contributed by atoms with van der Waals surface area (Å²) in [6.07, 6.45) is 3.23. The maximum Gasteiger partial charge on any atom is 0.177 e. The Hall–Kier alpha value is -2.97. The van der Waals surface area contributed by atoms with E-state index in [1.54, 1.807) is 17.2 Å². The largest absolute Gasteiger partial charge is 0.363 e. The maximum absolute atomic E-state index is 4.53. The summed E-state index contributed by atoms with van der Waals surface area (Å²) in [5.41, 5.74) is 0.755. The van der Waals surface area contributed by atoms with E-state index in [2.05, 4.69) is 42.1 Å². The van der Waals surface area contributed by atoms with Gasteiger partial charge in [-0.3, -0.25) is 0 Å². The van der Waals surface area contributed by atoms with Crippen molar-refractivity contribution in [1.29, 1.82) is 0 Å². The zero-order valence-corrected chi connectivity index (χ0v) is 13.9. The van der Waals surface area contributed by atoms with Crippen LogP contribution in [-0.4, -0.2) is 70.1 Å². The van der Waals surface area contributed by atoms with E-state index in [4.69, 9.17) is 0 Å². The average molecular weight is 325 g/mol. The molecule has 0 unspecified atom stereocenters. The number of likely N-dealkylation sites (N-methyl/N-ethyl adjacent to an activating group) is 1. The number of anilines is 3. The summed E-state index contributed by atoms with van der Waals surface area (Å²) in [4.78, 5) is 15.1. The van der Waals surface area contributed by atoms with Gasteiger partial charge >= 0.3 is 0 Å². The second-order valence-electron chi connectivity index (χ2n) is 6.12. The molecule has 0 aromatic carbocycles. The summed E-state index contributed by atoms with van der Waals surface area (Å²) < 4.78 is 1.69. The van der Waals surface area contributed by atoms with E-state index in [1.165, 1.54) is 0 Å². The number of aromatic nitrogens is 6. The van der Waals surface area contributed by atoms with Gasteiger partial charge in [-0.05, 0) is 12.1 Å². The van der Waals surface area contributed by atoms with Gasteiger partial charge in [0, 0.05) is 40.3 Å². The van der Waals surface area contributed by atoms with Gasteiger partial charge in [0.2, 0.25) is 0 Å². The lowest BCUT2D eigenvalue weighted by Crippen LogP contribution is -2.59. The van der Waals surface area contributed by atoms with Crippen LogP contribution in [0.1, 0.15) is 0 Å². The normalized spacial score (nSPS) is 14.7. The third kappa shape index (κ3) is 2.47. The van der Waals surface area contributed by atoms with Crippen LogP contribution in [0, 0.1) is 0 Å². The van der Waals surface area contributed by atoms with Crippen molar-refractivity contribution < 1.29 is 0 Å². The molecule has 3 aromatic rings. The van der Waals surface area contributed by atoms with E-state index in [0.29, 0.717) is 6.04 Å². The average Bonchev–Trinajstić information content (AvgIpc) is 3.01. The Morgan fingerprint density at radius 2 is 1.88 bits per heavy atom. The molecule has 1 fully saturated rings. The zero-order chi connectivity index (χ0) is 16.7. The van der Waals surface area contributed by atoms with E-state index in [-0.39, 0.29) is 0 Å². The molecular weight excluding hydrogens is 306 g/mol. The molecule has 4 heterocycles. The summed E-state index contributed by atoms with van der Waals surface area (Å²) in [7, 11) is 6.02. The Morgan fingerprint density at radius 1 is 1.08 bits per heavy atom. The van der Waals surface area contributed by atoms with Gasteiger partial charge in [-0.1, -0.05) is 0 Å². The Labute approximate surface area is 139 Å². The van der Waals surface area contributed by atoms with Crippen molar-refractivity contribution in [2.45, 2.75) is 6.04 Å². The summed E-state index contributed by atoms with van der Waals surface area (Å²) in [6, 6.07) is 6.31.